The van der Waals surface area contributed by atoms with Crippen LogP contribution in [-0.4, -0.2) is 61.5 Å². The van der Waals surface area contributed by atoms with E-state index < -0.39 is 0 Å². The second-order valence-corrected chi connectivity index (χ2v) is 5.64. The maximum atomic E-state index is 9.96. The van der Waals surface area contributed by atoms with Crippen molar-refractivity contribution in [1.82, 2.24) is 10.2 Å². The number of β-amino-alcohol motifs (C(OH)–C–C–N with tert-alkyl or cyclic N) is 1. The molecule has 1 aliphatic heterocycles. The summed E-state index contributed by atoms with van der Waals surface area (Å²) < 4.78 is 5.48. The van der Waals surface area contributed by atoms with Crippen molar-refractivity contribution in [2.45, 2.75) is 44.4 Å². The summed E-state index contributed by atoms with van der Waals surface area (Å²) in [6.45, 7) is 5.79. The smallest absolute Gasteiger partial charge is 0.0791 e. The van der Waals surface area contributed by atoms with E-state index in [1.807, 2.05) is 0 Å². The van der Waals surface area contributed by atoms with E-state index in [9.17, 15) is 5.11 Å². The van der Waals surface area contributed by atoms with Crippen molar-refractivity contribution in [2.24, 2.45) is 5.92 Å². The lowest BCUT2D eigenvalue weighted by molar-refractivity contribution is -0.0175. The highest BCUT2D eigenvalue weighted by Crippen LogP contribution is 2.20. The predicted molar refractivity (Wildman–Crippen MR) is 68.0 cm³/mol. The summed E-state index contributed by atoms with van der Waals surface area (Å²) in [7, 11) is 1.79. The molecule has 2 rings (SSSR count). The van der Waals surface area contributed by atoms with Gasteiger partial charge in [-0.25, -0.2) is 0 Å². The van der Waals surface area contributed by atoms with Crippen LogP contribution in [-0.2, 0) is 4.74 Å². The molecule has 4 nitrogen and oxygen atoms in total. The molecule has 1 saturated heterocycles. The number of hydrogen-bond donors (Lipinski definition) is 2. The Balaban J connectivity index is 1.66. The molecule has 0 aromatic rings. The molecule has 3 unspecified atom stereocenters. The first-order valence-corrected chi connectivity index (χ1v) is 6.85. The number of methoxy groups -OCH3 is 1. The van der Waals surface area contributed by atoms with Crippen LogP contribution in [0.4, 0.5) is 0 Å². The number of hydrogen-bond acceptors (Lipinski definition) is 4. The molecule has 0 spiro atoms. The number of piperidine rings is 1. The molecule has 1 aliphatic carbocycles. The van der Waals surface area contributed by atoms with Gasteiger partial charge in [0.05, 0.1) is 12.2 Å². The molecule has 0 aromatic heterocycles. The third kappa shape index (κ3) is 4.21. The third-order valence-electron chi connectivity index (χ3n) is 3.96. The first-order chi connectivity index (χ1) is 8.19. The molecule has 1 heterocycles. The summed E-state index contributed by atoms with van der Waals surface area (Å²) in [6, 6.07) is 0.678. The van der Waals surface area contributed by atoms with Crippen molar-refractivity contribution >= 4 is 0 Å². The molecule has 3 atom stereocenters. The third-order valence-corrected chi connectivity index (χ3v) is 3.96. The lowest BCUT2D eigenvalue weighted by Gasteiger charge is -2.37. The van der Waals surface area contributed by atoms with Crippen LogP contribution in [0.25, 0.3) is 0 Å². The van der Waals surface area contributed by atoms with Gasteiger partial charge in [-0.05, 0) is 31.7 Å². The summed E-state index contributed by atoms with van der Waals surface area (Å²) in [5.74, 6) is 0.637. The molecule has 2 fully saturated rings. The highest BCUT2D eigenvalue weighted by molar-refractivity contribution is 4.84. The Morgan fingerprint density at radius 2 is 2.18 bits per heavy atom. The van der Waals surface area contributed by atoms with Crippen LogP contribution in [0, 0.1) is 5.92 Å². The number of likely N-dealkylation sites (tertiary alicyclic amines) is 1. The van der Waals surface area contributed by atoms with Crippen molar-refractivity contribution in [1.29, 1.82) is 0 Å². The van der Waals surface area contributed by atoms with Crippen LogP contribution in [0.5, 0.6) is 0 Å². The summed E-state index contributed by atoms with van der Waals surface area (Å²) in [6.07, 6.45) is 3.80. The standard InChI is InChI=1S/C13H26N2O2/c1-10-5-6-15(9-13(10)17-2)8-12(16)7-14-11-3-4-11/h10-14,16H,3-9H2,1-2H3. The van der Waals surface area contributed by atoms with Gasteiger partial charge in [-0.2, -0.15) is 0 Å². The molecule has 0 bridgehead atoms. The maximum Gasteiger partial charge on any atom is 0.0791 e. The molecule has 1 saturated carbocycles. The minimum Gasteiger partial charge on any atom is -0.390 e. The van der Waals surface area contributed by atoms with Gasteiger partial charge >= 0.3 is 0 Å². The number of aliphatic hydroxyl groups excluding tert-OH is 1. The quantitative estimate of drug-likeness (QED) is 0.710. The van der Waals surface area contributed by atoms with Crippen LogP contribution >= 0.6 is 0 Å². The number of nitrogens with one attached hydrogen (secondary N) is 1. The molecular formula is C13H26N2O2. The Bertz CT molecular complexity index is 233. The van der Waals surface area contributed by atoms with E-state index >= 15 is 0 Å². The molecule has 0 amide bonds. The molecule has 0 aromatic carbocycles. The van der Waals surface area contributed by atoms with E-state index in [0.717, 1.165) is 26.2 Å². The largest absolute Gasteiger partial charge is 0.390 e. The topological polar surface area (TPSA) is 44.7 Å². The number of rotatable bonds is 6. The Labute approximate surface area is 104 Å². The zero-order valence-electron chi connectivity index (χ0n) is 11.1. The number of ether oxygens (including phenoxy) is 1. The van der Waals surface area contributed by atoms with Crippen molar-refractivity contribution in [3.63, 3.8) is 0 Å². The summed E-state index contributed by atoms with van der Waals surface area (Å²) >= 11 is 0. The highest BCUT2D eigenvalue weighted by Gasteiger charge is 2.27. The molecule has 2 N–H and O–H groups in total. The molecule has 17 heavy (non-hydrogen) atoms. The predicted octanol–water partition coefficient (Wildman–Crippen LogP) is 0.456. The van der Waals surface area contributed by atoms with E-state index in [2.05, 4.69) is 17.1 Å². The van der Waals surface area contributed by atoms with Crippen molar-refractivity contribution < 1.29 is 9.84 Å². The molecule has 4 heteroatoms. The Kier molecular flexibility index (Phi) is 4.79. The van der Waals surface area contributed by atoms with Crippen LogP contribution < -0.4 is 5.32 Å². The summed E-state index contributed by atoms with van der Waals surface area (Å²) in [5.41, 5.74) is 0. The van der Waals surface area contributed by atoms with E-state index in [0.29, 0.717) is 18.1 Å². The van der Waals surface area contributed by atoms with Gasteiger partial charge in [0, 0.05) is 32.8 Å². The van der Waals surface area contributed by atoms with Crippen LogP contribution in [0.3, 0.4) is 0 Å². The SMILES string of the molecule is COC1CN(CC(O)CNC2CC2)CCC1C. The van der Waals surface area contributed by atoms with Gasteiger partial charge in [-0.15, -0.1) is 0 Å². The van der Waals surface area contributed by atoms with Gasteiger partial charge in [0.25, 0.3) is 0 Å². The Morgan fingerprint density at radius 3 is 2.82 bits per heavy atom. The van der Waals surface area contributed by atoms with Crippen LogP contribution in [0.1, 0.15) is 26.2 Å². The zero-order chi connectivity index (χ0) is 12.3. The van der Waals surface area contributed by atoms with Crippen LogP contribution in [0.2, 0.25) is 0 Å². The molecule has 0 radical (unpaired) electrons. The molecule has 100 valence electrons. The van der Waals surface area contributed by atoms with E-state index in [4.69, 9.17) is 4.74 Å². The molecule has 2 aliphatic rings. The monoisotopic (exact) mass is 242 g/mol. The number of nitrogens with zero attached hydrogens (tertiary/aromatic N) is 1. The Hall–Kier alpha value is -0.160. The second-order valence-electron chi connectivity index (χ2n) is 5.64. The normalized spacial score (nSPS) is 32.6. The van der Waals surface area contributed by atoms with Crippen molar-refractivity contribution in [3.8, 4) is 0 Å². The van der Waals surface area contributed by atoms with Gasteiger partial charge < -0.3 is 15.2 Å². The van der Waals surface area contributed by atoms with Gasteiger partial charge in [0.2, 0.25) is 0 Å². The lowest BCUT2D eigenvalue weighted by Crippen LogP contribution is -2.48. The number of aliphatic hydroxyl groups is 1. The minimum atomic E-state index is -0.249. The van der Waals surface area contributed by atoms with Gasteiger partial charge in [-0.1, -0.05) is 6.92 Å². The second kappa shape index (κ2) is 6.14. The van der Waals surface area contributed by atoms with E-state index in [-0.39, 0.29) is 6.10 Å². The first kappa shape index (κ1) is 13.3. The summed E-state index contributed by atoms with van der Waals surface area (Å²) in [5, 5.41) is 13.3. The Morgan fingerprint density at radius 1 is 1.41 bits per heavy atom. The van der Waals surface area contributed by atoms with Gasteiger partial charge in [-0.3, -0.25) is 4.90 Å². The highest BCUT2D eigenvalue weighted by atomic mass is 16.5. The fraction of sp³-hybridized carbons (Fsp3) is 1.00. The average Bonchev–Trinajstić information content (AvgIpc) is 3.13. The molecular weight excluding hydrogens is 216 g/mol. The van der Waals surface area contributed by atoms with Gasteiger partial charge in [0.15, 0.2) is 0 Å². The van der Waals surface area contributed by atoms with Crippen molar-refractivity contribution in [2.75, 3.05) is 33.3 Å². The maximum absolute atomic E-state index is 9.96. The van der Waals surface area contributed by atoms with Crippen LogP contribution in [0.15, 0.2) is 0 Å². The van der Waals surface area contributed by atoms with Gasteiger partial charge in [0.1, 0.15) is 0 Å². The minimum absolute atomic E-state index is 0.249. The summed E-state index contributed by atoms with van der Waals surface area (Å²) in [4.78, 5) is 2.33. The van der Waals surface area contributed by atoms with Crippen molar-refractivity contribution in [3.05, 3.63) is 0 Å². The van der Waals surface area contributed by atoms with E-state index in [1.54, 1.807) is 7.11 Å². The average molecular weight is 242 g/mol. The lowest BCUT2D eigenvalue weighted by atomic mass is 9.95. The fourth-order valence-electron chi connectivity index (χ4n) is 2.52. The van der Waals surface area contributed by atoms with E-state index in [1.165, 1.54) is 19.3 Å². The zero-order valence-corrected chi connectivity index (χ0v) is 11.1. The fourth-order valence-corrected chi connectivity index (χ4v) is 2.52. The first-order valence-electron chi connectivity index (χ1n) is 6.85.